The zero-order valence-electron chi connectivity index (χ0n) is 43.7. The number of pyridine rings is 1. The maximum absolute atomic E-state index is 12.9. The molecule has 1 heterocycles. The van der Waals surface area contributed by atoms with E-state index in [1.54, 1.807) is 79.2 Å². The summed E-state index contributed by atoms with van der Waals surface area (Å²) in [6.45, 7) is 5.96. The summed E-state index contributed by atoms with van der Waals surface area (Å²) in [5.74, 6) is 0.788. The van der Waals surface area contributed by atoms with Crippen LogP contribution in [-0.2, 0) is 22.7 Å². The molecule has 9 heteroatoms. The summed E-state index contributed by atoms with van der Waals surface area (Å²) in [6.07, 6.45) is 35.5. The van der Waals surface area contributed by atoms with E-state index in [4.69, 9.17) is 18.9 Å². The first kappa shape index (κ1) is 56.8. The maximum Gasteiger partial charge on any atom is 0.338 e. The number of carbonyl (C=O) groups excluding carboxylic acids is 2. The molecule has 4 aromatic carbocycles. The van der Waals surface area contributed by atoms with Crippen molar-refractivity contribution in [2.24, 2.45) is 9.98 Å². The zero-order valence-corrected chi connectivity index (χ0v) is 43.7. The van der Waals surface area contributed by atoms with E-state index in [1.807, 2.05) is 48.5 Å². The minimum atomic E-state index is -0.473. The Balaban J connectivity index is 0.916. The van der Waals surface area contributed by atoms with Gasteiger partial charge >= 0.3 is 11.9 Å². The first-order chi connectivity index (χ1) is 35.5. The van der Waals surface area contributed by atoms with Gasteiger partial charge in [0, 0.05) is 12.4 Å². The molecular formula is C63H83N3O6. The van der Waals surface area contributed by atoms with Gasteiger partial charge in [-0.15, -0.1) is 0 Å². The third kappa shape index (κ3) is 24.4. The number of nitrogens with zero attached hydrogens (tertiary/aromatic N) is 3. The van der Waals surface area contributed by atoms with Crippen molar-refractivity contribution in [2.75, 3.05) is 13.2 Å². The van der Waals surface area contributed by atoms with Crippen molar-refractivity contribution >= 4 is 35.7 Å². The van der Waals surface area contributed by atoms with Crippen LogP contribution in [0.5, 0.6) is 11.5 Å². The van der Waals surface area contributed by atoms with Crippen LogP contribution in [0, 0.1) is 0 Å². The van der Waals surface area contributed by atoms with Gasteiger partial charge in [0.25, 0.3) is 0 Å². The van der Waals surface area contributed by atoms with E-state index in [2.05, 4.69) is 28.8 Å². The van der Waals surface area contributed by atoms with Crippen molar-refractivity contribution in [3.63, 3.8) is 0 Å². The number of hydrogen-bond acceptors (Lipinski definition) is 9. The van der Waals surface area contributed by atoms with Crippen LogP contribution in [0.3, 0.4) is 0 Å². The summed E-state index contributed by atoms with van der Waals surface area (Å²) >= 11 is 0. The molecule has 0 saturated heterocycles. The van der Waals surface area contributed by atoms with Gasteiger partial charge in [-0.3, -0.25) is 15.0 Å². The number of ether oxygens (including phenoxy) is 4. The van der Waals surface area contributed by atoms with Crippen LogP contribution in [0.15, 0.2) is 125 Å². The molecule has 0 amide bonds. The van der Waals surface area contributed by atoms with Gasteiger partial charge in [0.2, 0.25) is 0 Å². The molecule has 0 aliphatic carbocycles. The second-order valence-electron chi connectivity index (χ2n) is 19.0. The Morgan fingerprint density at radius 2 is 0.722 bits per heavy atom. The summed E-state index contributed by atoms with van der Waals surface area (Å²) in [5.41, 5.74) is 5.24. The maximum atomic E-state index is 12.9. The highest BCUT2D eigenvalue weighted by Gasteiger charge is 2.11. The molecule has 5 rings (SSSR count). The monoisotopic (exact) mass is 978 g/mol. The lowest BCUT2D eigenvalue weighted by Gasteiger charge is -2.08. The van der Waals surface area contributed by atoms with Crippen molar-refractivity contribution < 1.29 is 28.5 Å². The lowest BCUT2D eigenvalue weighted by Crippen LogP contribution is -2.08. The number of carbonyl (C=O) groups is 2. The number of esters is 2. The molecule has 9 nitrogen and oxygen atoms in total. The van der Waals surface area contributed by atoms with Crippen LogP contribution in [0.4, 0.5) is 11.4 Å². The molecule has 0 unspecified atom stereocenters. The standard InChI is InChI=1S/C63H83N3O6/c1-3-5-7-9-11-13-15-17-19-21-23-25-46-69-60-42-30-52(31-43-60)48-64-56-38-34-54(35-39-56)62(67)71-50-58-28-27-29-59(66-58)51-72-63(68)55-36-40-57(41-37-55)65-49-53-32-44-61(45-33-53)70-47-26-24-22-20-18-16-14-12-10-8-6-4-2/h27-45,48-49H,3-26,46-47,50-51H2,1-2H3. The molecule has 0 aliphatic heterocycles. The second-order valence-corrected chi connectivity index (χ2v) is 19.0. The van der Waals surface area contributed by atoms with Gasteiger partial charge in [-0.25, -0.2) is 9.59 Å². The topological polar surface area (TPSA) is 109 Å². The summed E-state index contributed by atoms with van der Waals surface area (Å²) in [5, 5.41) is 0. The normalized spacial score (nSPS) is 11.4. The molecule has 5 aromatic rings. The van der Waals surface area contributed by atoms with Gasteiger partial charge in [0.15, 0.2) is 0 Å². The number of aliphatic imine (C=N–C) groups is 2. The van der Waals surface area contributed by atoms with Gasteiger partial charge in [0.1, 0.15) is 24.7 Å². The average molecular weight is 978 g/mol. The third-order valence-electron chi connectivity index (χ3n) is 12.8. The van der Waals surface area contributed by atoms with Crippen LogP contribution in [-0.4, -0.2) is 42.6 Å². The smallest absolute Gasteiger partial charge is 0.338 e. The highest BCUT2D eigenvalue weighted by molar-refractivity contribution is 5.91. The second kappa shape index (κ2) is 35.9. The van der Waals surface area contributed by atoms with Crippen LogP contribution < -0.4 is 9.47 Å². The first-order valence-corrected chi connectivity index (χ1v) is 27.5. The van der Waals surface area contributed by atoms with E-state index in [0.717, 1.165) is 60.1 Å². The quantitative estimate of drug-likeness (QED) is 0.0220. The molecule has 72 heavy (non-hydrogen) atoms. The Bertz CT molecular complexity index is 2110. The Hall–Kier alpha value is -6.09. The van der Waals surface area contributed by atoms with Gasteiger partial charge in [-0.05, 0) is 133 Å². The Labute approximate surface area is 432 Å². The van der Waals surface area contributed by atoms with Gasteiger partial charge < -0.3 is 18.9 Å². The van der Waals surface area contributed by atoms with Crippen LogP contribution in [0.2, 0.25) is 0 Å². The fraction of sp³-hybridized carbons (Fsp3) is 0.476. The number of rotatable bonds is 38. The summed E-state index contributed by atoms with van der Waals surface area (Å²) in [4.78, 5) is 39.4. The van der Waals surface area contributed by atoms with Crippen LogP contribution in [0.25, 0.3) is 0 Å². The summed E-state index contributed by atoms with van der Waals surface area (Å²) < 4.78 is 23.0. The minimum absolute atomic E-state index is 0.0288. The third-order valence-corrected chi connectivity index (χ3v) is 12.8. The molecule has 0 atom stereocenters. The molecule has 386 valence electrons. The molecule has 0 fully saturated rings. The van der Waals surface area contributed by atoms with Crippen LogP contribution in [0.1, 0.15) is 211 Å². The number of aromatic nitrogens is 1. The lowest BCUT2D eigenvalue weighted by atomic mass is 10.1. The number of benzene rings is 4. The van der Waals surface area contributed by atoms with E-state index in [0.29, 0.717) is 22.5 Å². The molecular weight excluding hydrogens is 895 g/mol. The molecule has 0 bridgehead atoms. The molecule has 0 saturated carbocycles. The number of unbranched alkanes of at least 4 members (excludes halogenated alkanes) is 22. The predicted octanol–water partition coefficient (Wildman–Crippen LogP) is 17.5. The molecule has 0 spiro atoms. The molecule has 1 aromatic heterocycles. The van der Waals surface area contributed by atoms with Crippen molar-refractivity contribution in [1.29, 1.82) is 0 Å². The van der Waals surface area contributed by atoms with E-state index in [-0.39, 0.29) is 13.2 Å². The van der Waals surface area contributed by atoms with E-state index < -0.39 is 11.9 Å². The largest absolute Gasteiger partial charge is 0.494 e. The van der Waals surface area contributed by atoms with E-state index >= 15 is 0 Å². The molecule has 0 radical (unpaired) electrons. The van der Waals surface area contributed by atoms with Crippen molar-refractivity contribution in [3.05, 3.63) is 149 Å². The van der Waals surface area contributed by atoms with Gasteiger partial charge in [-0.2, -0.15) is 0 Å². The Kier molecular flexibility index (Phi) is 28.3. The van der Waals surface area contributed by atoms with Gasteiger partial charge in [0.05, 0.1) is 47.1 Å². The zero-order chi connectivity index (χ0) is 50.5. The van der Waals surface area contributed by atoms with Crippen molar-refractivity contribution in [1.82, 2.24) is 4.98 Å². The summed E-state index contributed by atoms with van der Waals surface area (Å²) in [7, 11) is 0. The SMILES string of the molecule is CCCCCCCCCCCCCCOc1ccc(C=Nc2ccc(C(=O)OCc3cccc(COC(=O)c4ccc(N=Cc5ccc(OCCCCCCCCCCCCCC)cc5)cc4)n3)cc2)cc1. The van der Waals surface area contributed by atoms with E-state index in [9.17, 15) is 9.59 Å². The van der Waals surface area contributed by atoms with Crippen LogP contribution >= 0.6 is 0 Å². The van der Waals surface area contributed by atoms with Crippen molar-refractivity contribution in [2.45, 2.75) is 181 Å². The molecule has 0 N–H and O–H groups in total. The number of hydrogen-bond donors (Lipinski definition) is 0. The minimum Gasteiger partial charge on any atom is -0.494 e. The van der Waals surface area contributed by atoms with E-state index in [1.165, 1.54) is 141 Å². The lowest BCUT2D eigenvalue weighted by molar-refractivity contribution is 0.0463. The van der Waals surface area contributed by atoms with Gasteiger partial charge in [-0.1, -0.05) is 161 Å². The summed E-state index contributed by atoms with van der Waals surface area (Å²) in [6, 6.07) is 35.1. The first-order valence-electron chi connectivity index (χ1n) is 27.5. The molecule has 0 aliphatic rings. The fourth-order valence-corrected chi connectivity index (χ4v) is 8.37. The Morgan fingerprint density at radius 1 is 0.403 bits per heavy atom. The fourth-order valence-electron chi connectivity index (χ4n) is 8.37. The highest BCUT2D eigenvalue weighted by Crippen LogP contribution is 2.20. The Morgan fingerprint density at radius 3 is 1.06 bits per heavy atom. The van der Waals surface area contributed by atoms with Crippen molar-refractivity contribution in [3.8, 4) is 11.5 Å². The predicted molar refractivity (Wildman–Crippen MR) is 296 cm³/mol. The highest BCUT2D eigenvalue weighted by atomic mass is 16.5. The average Bonchev–Trinajstić information content (AvgIpc) is 3.42.